The predicted molar refractivity (Wildman–Crippen MR) is 211 cm³/mol. The van der Waals surface area contributed by atoms with E-state index >= 15 is 0 Å². The van der Waals surface area contributed by atoms with Crippen LogP contribution in [0.25, 0.3) is 72.0 Å². The lowest BCUT2D eigenvalue weighted by Gasteiger charge is -2.22. The number of carbonyl (C=O) groups excluding carboxylic acids is 2. The smallest absolute Gasteiger partial charge is 0.268 e. The zero-order chi connectivity index (χ0) is 36.2. The fraction of sp³-hybridized carbons (Fsp3) is 0. The van der Waals surface area contributed by atoms with Crippen molar-refractivity contribution in [3.05, 3.63) is 182 Å². The normalized spacial score (nSPS) is 12.5. The summed E-state index contributed by atoms with van der Waals surface area (Å²) in [6.07, 6.45) is 10.2. The van der Waals surface area contributed by atoms with Crippen molar-refractivity contribution in [3.63, 3.8) is 0 Å². The number of amides is 2. The molecule has 0 atom stereocenters. The second-order valence-electron chi connectivity index (χ2n) is 13.1. The molecule has 54 heavy (non-hydrogen) atoms. The summed E-state index contributed by atoms with van der Waals surface area (Å²) >= 11 is 0. The molecule has 0 bridgehead atoms. The van der Waals surface area contributed by atoms with Gasteiger partial charge in [-0.2, -0.15) is 0 Å². The summed E-state index contributed by atoms with van der Waals surface area (Å²) in [7, 11) is 0. The van der Waals surface area contributed by atoms with Crippen molar-refractivity contribution < 1.29 is 9.59 Å². The van der Waals surface area contributed by atoms with Crippen molar-refractivity contribution >= 4 is 39.3 Å². The molecule has 0 aliphatic carbocycles. The number of imide groups is 1. The molecule has 10 rings (SSSR count). The first-order valence-corrected chi connectivity index (χ1v) is 17.5. The van der Waals surface area contributed by atoms with E-state index in [1.165, 1.54) is 17.6 Å². The van der Waals surface area contributed by atoms with E-state index in [0.717, 1.165) is 66.3 Å². The number of benzene rings is 6. The van der Waals surface area contributed by atoms with Crippen LogP contribution in [0.4, 0.5) is 5.69 Å². The van der Waals surface area contributed by atoms with Gasteiger partial charge in [0.15, 0.2) is 0 Å². The van der Waals surface area contributed by atoms with Gasteiger partial charge in [0, 0.05) is 52.3 Å². The number of rotatable bonds is 6. The van der Waals surface area contributed by atoms with Crippen LogP contribution in [0, 0.1) is 0 Å². The fourth-order valence-corrected chi connectivity index (χ4v) is 7.70. The fourth-order valence-electron chi connectivity index (χ4n) is 7.70. The molecule has 0 N–H and O–H groups in total. The molecule has 1 aliphatic heterocycles. The minimum Gasteiger partial charge on any atom is -0.308 e. The van der Waals surface area contributed by atoms with Crippen molar-refractivity contribution in [2.45, 2.75) is 0 Å². The zero-order valence-electron chi connectivity index (χ0n) is 28.7. The summed E-state index contributed by atoms with van der Waals surface area (Å²) in [6, 6.07) is 43.7. The molecule has 0 saturated heterocycles. The molecule has 0 spiro atoms. The molecule has 2 amide bonds. The lowest BCUT2D eigenvalue weighted by molar-refractivity contribution is 0.0926. The van der Waals surface area contributed by atoms with Crippen molar-refractivity contribution in [3.8, 4) is 50.2 Å². The molecule has 8 heteroatoms. The van der Waals surface area contributed by atoms with Gasteiger partial charge in [-0.05, 0) is 70.3 Å². The highest BCUT2D eigenvalue weighted by Crippen LogP contribution is 2.44. The third kappa shape index (κ3) is 4.92. The van der Waals surface area contributed by atoms with Crippen LogP contribution in [0.2, 0.25) is 0 Å². The van der Waals surface area contributed by atoms with Crippen LogP contribution in [-0.4, -0.2) is 36.3 Å². The van der Waals surface area contributed by atoms with E-state index in [9.17, 15) is 9.59 Å². The van der Waals surface area contributed by atoms with E-state index in [4.69, 9.17) is 0 Å². The number of hydrogen-bond acceptors (Lipinski definition) is 6. The number of nitrogens with zero attached hydrogens (tertiary/aromatic N) is 6. The number of anilines is 1. The van der Waals surface area contributed by atoms with Crippen LogP contribution in [0.15, 0.2) is 171 Å². The van der Waals surface area contributed by atoms with Gasteiger partial charge in [-0.1, -0.05) is 91.0 Å². The number of hydrogen-bond donors (Lipinski definition) is 0. The maximum absolute atomic E-state index is 15.0. The van der Waals surface area contributed by atoms with Crippen molar-refractivity contribution in [1.82, 2.24) is 24.5 Å². The van der Waals surface area contributed by atoms with E-state index in [0.29, 0.717) is 22.5 Å². The predicted octanol–water partition coefficient (Wildman–Crippen LogP) is 9.83. The summed E-state index contributed by atoms with van der Waals surface area (Å²) in [4.78, 5) is 47.8. The maximum atomic E-state index is 15.0. The molecule has 3 aromatic heterocycles. The molecule has 4 heterocycles. The van der Waals surface area contributed by atoms with Gasteiger partial charge in [0.05, 0.1) is 33.5 Å². The average molecular weight is 697 g/mol. The first kappa shape index (κ1) is 31.2. The maximum Gasteiger partial charge on any atom is 0.268 e. The van der Waals surface area contributed by atoms with Crippen molar-refractivity contribution in [2.24, 2.45) is 0 Å². The average Bonchev–Trinajstić information content (AvgIpc) is 3.71. The Hall–Kier alpha value is -7.58. The third-order valence-corrected chi connectivity index (χ3v) is 10.1. The highest BCUT2D eigenvalue weighted by molar-refractivity contribution is 6.37. The Bertz CT molecular complexity index is 2810. The van der Waals surface area contributed by atoms with Gasteiger partial charge in [-0.25, -0.2) is 24.8 Å². The van der Waals surface area contributed by atoms with Crippen LogP contribution in [0.1, 0.15) is 20.7 Å². The highest BCUT2D eigenvalue weighted by atomic mass is 16.2. The summed E-state index contributed by atoms with van der Waals surface area (Å²) in [5.74, 6) is -0.739. The first-order chi connectivity index (χ1) is 26.7. The largest absolute Gasteiger partial charge is 0.308 e. The van der Waals surface area contributed by atoms with Crippen molar-refractivity contribution in [2.75, 3.05) is 4.90 Å². The summed E-state index contributed by atoms with van der Waals surface area (Å²) < 4.78 is 2.09. The summed E-state index contributed by atoms with van der Waals surface area (Å²) in [6.45, 7) is 0. The number of aromatic nitrogens is 5. The van der Waals surface area contributed by atoms with Gasteiger partial charge in [-0.15, -0.1) is 0 Å². The number of fused-ring (bicyclic) bond motifs is 4. The molecule has 8 nitrogen and oxygen atoms in total. The second-order valence-corrected chi connectivity index (χ2v) is 13.1. The van der Waals surface area contributed by atoms with E-state index in [1.54, 1.807) is 30.9 Å². The Kier molecular flexibility index (Phi) is 7.26. The van der Waals surface area contributed by atoms with Crippen LogP contribution >= 0.6 is 0 Å². The zero-order valence-corrected chi connectivity index (χ0v) is 28.7. The van der Waals surface area contributed by atoms with Gasteiger partial charge in [0.2, 0.25) is 0 Å². The van der Waals surface area contributed by atoms with E-state index in [-0.39, 0.29) is 11.8 Å². The molecule has 1 aliphatic rings. The summed E-state index contributed by atoms with van der Waals surface area (Å²) in [5.41, 5.74) is 11.0. The van der Waals surface area contributed by atoms with Gasteiger partial charge >= 0.3 is 0 Å². The Morgan fingerprint density at radius 2 is 0.907 bits per heavy atom. The van der Waals surface area contributed by atoms with E-state index < -0.39 is 0 Å². The van der Waals surface area contributed by atoms with Gasteiger partial charge in [-0.3, -0.25) is 9.59 Å². The van der Waals surface area contributed by atoms with Crippen LogP contribution < -0.4 is 4.90 Å². The van der Waals surface area contributed by atoms with Crippen LogP contribution in [0.3, 0.4) is 0 Å². The van der Waals surface area contributed by atoms with Gasteiger partial charge in [0.1, 0.15) is 12.7 Å². The molecular formula is C46H28N6O2. The molecular weight excluding hydrogens is 669 g/mol. The SMILES string of the molecule is O=C1c2cccc(-n3c4ccc(-c5cncnc5)cc4c4cc(-c5cncnc5)ccc43)c2C(=O)N1c1cccc(-c2ccccc2)c1-c1ccccc1. The lowest BCUT2D eigenvalue weighted by Crippen LogP contribution is -2.30. The second kappa shape index (κ2) is 12.6. The van der Waals surface area contributed by atoms with Crippen LogP contribution in [0.5, 0.6) is 0 Å². The standard InChI is InChI=1S/C46H28N6O2/c53-45-36-14-8-16-42(44(36)46(54)52(45)41-15-7-13-35(29-9-3-1-4-10-29)43(41)30-11-5-2-6-12-30)51-39-19-17-31(33-23-47-27-48-24-33)21-37(39)38-22-32(18-20-40(38)51)34-25-49-28-50-26-34/h1-28H. The monoisotopic (exact) mass is 696 g/mol. The third-order valence-electron chi connectivity index (χ3n) is 10.1. The Labute approximate surface area is 309 Å². The quantitative estimate of drug-likeness (QED) is 0.161. The Morgan fingerprint density at radius 3 is 1.48 bits per heavy atom. The number of carbonyl (C=O) groups is 2. The minimum absolute atomic E-state index is 0.353. The van der Waals surface area contributed by atoms with Gasteiger partial charge < -0.3 is 4.57 Å². The molecule has 6 aromatic carbocycles. The van der Waals surface area contributed by atoms with Crippen molar-refractivity contribution in [1.29, 1.82) is 0 Å². The van der Waals surface area contributed by atoms with E-state index in [1.807, 2.05) is 103 Å². The van der Waals surface area contributed by atoms with Crippen LogP contribution in [-0.2, 0) is 0 Å². The first-order valence-electron chi connectivity index (χ1n) is 17.5. The Morgan fingerprint density at radius 1 is 0.389 bits per heavy atom. The topological polar surface area (TPSA) is 93.9 Å². The lowest BCUT2D eigenvalue weighted by atomic mass is 9.92. The summed E-state index contributed by atoms with van der Waals surface area (Å²) in [5, 5.41) is 1.94. The minimum atomic E-state index is -0.376. The molecule has 0 unspecified atom stereocenters. The van der Waals surface area contributed by atoms with E-state index in [2.05, 4.69) is 48.8 Å². The molecule has 0 saturated carbocycles. The molecule has 254 valence electrons. The highest BCUT2D eigenvalue weighted by Gasteiger charge is 2.40. The van der Waals surface area contributed by atoms with Gasteiger partial charge in [0.25, 0.3) is 11.8 Å². The molecule has 0 fully saturated rings. The molecule has 9 aromatic rings. The Balaban J connectivity index is 1.19. The molecule has 0 radical (unpaired) electrons.